The summed E-state index contributed by atoms with van der Waals surface area (Å²) in [6, 6.07) is 11.0. The number of hydrogen-bond acceptors (Lipinski definition) is 3. The Morgan fingerprint density at radius 1 is 0.923 bits per heavy atom. The highest BCUT2D eigenvalue weighted by molar-refractivity contribution is 5.74. The number of urea groups is 1. The minimum atomic E-state index is 0.0936. The van der Waals surface area contributed by atoms with Gasteiger partial charge < -0.3 is 15.1 Å². The monoisotopic (exact) mass is 358 g/mol. The fourth-order valence-corrected chi connectivity index (χ4v) is 4.09. The normalized spacial score (nSPS) is 21.7. The highest BCUT2D eigenvalue weighted by atomic mass is 16.2. The number of amides is 2. The van der Waals surface area contributed by atoms with E-state index < -0.39 is 0 Å². The third-order valence-corrected chi connectivity index (χ3v) is 5.72. The molecule has 144 valence electrons. The Hall–Kier alpha value is -1.59. The number of hydrogen-bond donors (Lipinski definition) is 1. The lowest BCUT2D eigenvalue weighted by Gasteiger charge is -2.32. The van der Waals surface area contributed by atoms with Crippen LogP contribution in [0.4, 0.5) is 4.79 Å². The molecule has 0 aromatic heterocycles. The molecule has 1 aromatic carbocycles. The predicted molar refractivity (Wildman–Crippen MR) is 106 cm³/mol. The first-order chi connectivity index (χ1) is 12.7. The van der Waals surface area contributed by atoms with Gasteiger partial charge in [0.05, 0.1) is 6.04 Å². The molecule has 26 heavy (non-hydrogen) atoms. The molecule has 2 amide bonds. The fraction of sp³-hybridized carbons (Fsp3) is 0.667. The lowest BCUT2D eigenvalue weighted by Crippen LogP contribution is -2.45. The molecule has 3 rings (SSSR count). The number of likely N-dealkylation sites (N-methyl/N-ethyl adjacent to an activating group) is 1. The summed E-state index contributed by atoms with van der Waals surface area (Å²) in [5.74, 6) is 0. The number of carbonyl (C=O) groups is 1. The summed E-state index contributed by atoms with van der Waals surface area (Å²) < 4.78 is 0. The van der Waals surface area contributed by atoms with E-state index in [2.05, 4.69) is 52.5 Å². The first-order valence-electron chi connectivity index (χ1n) is 10.2. The van der Waals surface area contributed by atoms with Gasteiger partial charge in [-0.2, -0.15) is 0 Å². The molecule has 0 saturated carbocycles. The zero-order chi connectivity index (χ0) is 18.2. The second kappa shape index (κ2) is 9.93. The molecule has 1 atom stereocenters. The van der Waals surface area contributed by atoms with Crippen LogP contribution < -0.4 is 5.32 Å². The number of nitrogens with zero attached hydrogens (tertiary/aromatic N) is 3. The van der Waals surface area contributed by atoms with Gasteiger partial charge in [0, 0.05) is 26.2 Å². The third-order valence-electron chi connectivity index (χ3n) is 5.72. The molecule has 5 heteroatoms. The average molecular weight is 359 g/mol. The Balaban J connectivity index is 1.62. The minimum absolute atomic E-state index is 0.0936. The Labute approximate surface area is 158 Å². The SMILES string of the molecule is CN1CCCN(C(=O)NC[C@H](c2ccccc2)N2CCCCCC2)CC1. The highest BCUT2D eigenvalue weighted by Crippen LogP contribution is 2.23. The van der Waals surface area contributed by atoms with E-state index in [1.54, 1.807) is 0 Å². The van der Waals surface area contributed by atoms with Gasteiger partial charge in [0.2, 0.25) is 0 Å². The van der Waals surface area contributed by atoms with Crippen LogP contribution in [0, 0.1) is 0 Å². The summed E-state index contributed by atoms with van der Waals surface area (Å²) in [6.45, 7) is 6.66. The topological polar surface area (TPSA) is 38.8 Å². The molecule has 2 heterocycles. The van der Waals surface area contributed by atoms with E-state index >= 15 is 0 Å². The van der Waals surface area contributed by atoms with Crippen LogP contribution in [-0.2, 0) is 0 Å². The summed E-state index contributed by atoms with van der Waals surface area (Å²) in [5.41, 5.74) is 1.31. The van der Waals surface area contributed by atoms with E-state index in [-0.39, 0.29) is 12.1 Å². The summed E-state index contributed by atoms with van der Waals surface area (Å²) >= 11 is 0. The van der Waals surface area contributed by atoms with E-state index in [1.807, 2.05) is 4.90 Å². The van der Waals surface area contributed by atoms with E-state index in [0.717, 1.165) is 45.7 Å². The van der Waals surface area contributed by atoms with Gasteiger partial charge in [0.15, 0.2) is 0 Å². The van der Waals surface area contributed by atoms with Crippen molar-refractivity contribution in [2.24, 2.45) is 0 Å². The summed E-state index contributed by atoms with van der Waals surface area (Å²) in [4.78, 5) is 19.6. The zero-order valence-corrected chi connectivity index (χ0v) is 16.2. The van der Waals surface area contributed by atoms with Crippen molar-refractivity contribution in [2.45, 2.75) is 38.1 Å². The van der Waals surface area contributed by atoms with E-state index in [0.29, 0.717) is 6.54 Å². The predicted octanol–water partition coefficient (Wildman–Crippen LogP) is 2.95. The lowest BCUT2D eigenvalue weighted by molar-refractivity contribution is 0.179. The summed E-state index contributed by atoms with van der Waals surface area (Å²) in [7, 11) is 2.13. The summed E-state index contributed by atoms with van der Waals surface area (Å²) in [6.07, 6.45) is 6.22. The number of likely N-dealkylation sites (tertiary alicyclic amines) is 1. The Bertz CT molecular complexity index is 542. The molecular formula is C21H34N4O. The largest absolute Gasteiger partial charge is 0.336 e. The van der Waals surface area contributed by atoms with Crippen molar-refractivity contribution < 1.29 is 4.79 Å². The van der Waals surface area contributed by atoms with Crippen molar-refractivity contribution in [3.63, 3.8) is 0 Å². The number of carbonyl (C=O) groups excluding carboxylic acids is 1. The van der Waals surface area contributed by atoms with Crippen LogP contribution in [0.3, 0.4) is 0 Å². The lowest BCUT2D eigenvalue weighted by atomic mass is 10.0. The molecule has 0 bridgehead atoms. The average Bonchev–Trinajstić information content (AvgIpc) is 3.06. The molecule has 1 aromatic rings. The van der Waals surface area contributed by atoms with Crippen molar-refractivity contribution in [2.75, 3.05) is 52.9 Å². The molecule has 0 spiro atoms. The quantitative estimate of drug-likeness (QED) is 0.899. The summed E-state index contributed by atoms with van der Waals surface area (Å²) in [5, 5.41) is 3.24. The Morgan fingerprint density at radius 3 is 2.38 bits per heavy atom. The Morgan fingerprint density at radius 2 is 1.65 bits per heavy atom. The van der Waals surface area contributed by atoms with Crippen LogP contribution in [0.15, 0.2) is 30.3 Å². The molecule has 0 aliphatic carbocycles. The van der Waals surface area contributed by atoms with Gasteiger partial charge in [-0.15, -0.1) is 0 Å². The van der Waals surface area contributed by atoms with E-state index in [1.165, 1.54) is 31.2 Å². The van der Waals surface area contributed by atoms with Crippen LogP contribution in [-0.4, -0.2) is 73.6 Å². The van der Waals surface area contributed by atoms with Crippen LogP contribution in [0.25, 0.3) is 0 Å². The third kappa shape index (κ3) is 5.45. The standard InChI is InChI=1S/C21H34N4O/c1-23-12-9-15-25(17-16-23)21(26)22-18-20(19-10-5-4-6-11-19)24-13-7-2-3-8-14-24/h4-6,10-11,20H,2-3,7-9,12-18H2,1H3,(H,22,26)/t20-/m1/s1. The fourth-order valence-electron chi connectivity index (χ4n) is 4.09. The molecule has 0 unspecified atom stereocenters. The molecular weight excluding hydrogens is 324 g/mol. The molecule has 0 radical (unpaired) electrons. The molecule has 2 aliphatic heterocycles. The van der Waals surface area contributed by atoms with Crippen LogP contribution in [0.5, 0.6) is 0 Å². The second-order valence-corrected chi connectivity index (χ2v) is 7.71. The molecule has 2 saturated heterocycles. The maximum Gasteiger partial charge on any atom is 0.317 e. The molecule has 2 fully saturated rings. The first-order valence-corrected chi connectivity index (χ1v) is 10.2. The first kappa shape index (κ1) is 19.2. The van der Waals surface area contributed by atoms with Crippen molar-refractivity contribution >= 4 is 6.03 Å². The maximum atomic E-state index is 12.7. The van der Waals surface area contributed by atoms with Crippen LogP contribution in [0.1, 0.15) is 43.7 Å². The van der Waals surface area contributed by atoms with Gasteiger partial charge in [-0.3, -0.25) is 4.90 Å². The second-order valence-electron chi connectivity index (χ2n) is 7.71. The van der Waals surface area contributed by atoms with Gasteiger partial charge >= 0.3 is 6.03 Å². The van der Waals surface area contributed by atoms with Crippen molar-refractivity contribution in [1.29, 1.82) is 0 Å². The van der Waals surface area contributed by atoms with Gasteiger partial charge in [-0.1, -0.05) is 43.2 Å². The van der Waals surface area contributed by atoms with Crippen molar-refractivity contribution in [3.8, 4) is 0 Å². The highest BCUT2D eigenvalue weighted by Gasteiger charge is 2.23. The van der Waals surface area contributed by atoms with Gasteiger partial charge in [0.25, 0.3) is 0 Å². The zero-order valence-electron chi connectivity index (χ0n) is 16.2. The van der Waals surface area contributed by atoms with Gasteiger partial charge in [0.1, 0.15) is 0 Å². The van der Waals surface area contributed by atoms with Crippen molar-refractivity contribution in [1.82, 2.24) is 20.0 Å². The maximum absolute atomic E-state index is 12.7. The molecule has 5 nitrogen and oxygen atoms in total. The van der Waals surface area contributed by atoms with Crippen molar-refractivity contribution in [3.05, 3.63) is 35.9 Å². The van der Waals surface area contributed by atoms with Crippen LogP contribution >= 0.6 is 0 Å². The minimum Gasteiger partial charge on any atom is -0.336 e. The van der Waals surface area contributed by atoms with E-state index in [4.69, 9.17) is 0 Å². The molecule has 1 N–H and O–H groups in total. The number of nitrogens with one attached hydrogen (secondary N) is 1. The smallest absolute Gasteiger partial charge is 0.317 e. The number of rotatable bonds is 4. The van der Waals surface area contributed by atoms with Crippen LogP contribution in [0.2, 0.25) is 0 Å². The Kier molecular flexibility index (Phi) is 7.32. The van der Waals surface area contributed by atoms with Gasteiger partial charge in [-0.05, 0) is 51.5 Å². The van der Waals surface area contributed by atoms with Gasteiger partial charge in [-0.25, -0.2) is 4.79 Å². The van der Waals surface area contributed by atoms with E-state index in [9.17, 15) is 4.79 Å². The number of benzene rings is 1. The molecule has 2 aliphatic rings.